The van der Waals surface area contributed by atoms with Crippen molar-refractivity contribution < 1.29 is 14.1 Å². The number of rotatable bonds is 4. The molecule has 1 amide bonds. The van der Waals surface area contributed by atoms with Gasteiger partial charge >= 0.3 is 0 Å². The van der Waals surface area contributed by atoms with Gasteiger partial charge in [0.05, 0.1) is 11.9 Å². The van der Waals surface area contributed by atoms with Crippen molar-refractivity contribution in [1.29, 1.82) is 0 Å². The SMILES string of the molecule is Cc1cnc(C(=O)N[C@@H](c2nc(C)no2)C2CCOCC2)cn1. The standard InChI is InChI=1S/C15H19N5O3/c1-9-7-17-12(8-16-9)14(21)19-13(11-3-5-22-6-4-11)15-18-10(2)20-23-15/h7-8,11,13H,3-6H2,1-2H3,(H,19,21)/t13-/m1/s1. The van der Waals surface area contributed by atoms with Gasteiger partial charge in [-0.2, -0.15) is 4.98 Å². The van der Waals surface area contributed by atoms with Crippen molar-refractivity contribution in [2.24, 2.45) is 5.92 Å². The van der Waals surface area contributed by atoms with Gasteiger partial charge in [0, 0.05) is 19.4 Å². The van der Waals surface area contributed by atoms with Crippen molar-refractivity contribution in [3.63, 3.8) is 0 Å². The van der Waals surface area contributed by atoms with Crippen molar-refractivity contribution in [3.8, 4) is 0 Å². The number of amides is 1. The number of aryl methyl sites for hydroxylation is 2. The number of aromatic nitrogens is 4. The van der Waals surface area contributed by atoms with Crippen LogP contribution in [-0.2, 0) is 4.74 Å². The highest BCUT2D eigenvalue weighted by molar-refractivity contribution is 5.92. The molecule has 1 atom stereocenters. The third-order valence-corrected chi connectivity index (χ3v) is 3.85. The minimum Gasteiger partial charge on any atom is -0.381 e. The summed E-state index contributed by atoms with van der Waals surface area (Å²) in [6.45, 7) is 4.89. The molecule has 0 spiro atoms. The van der Waals surface area contributed by atoms with Gasteiger partial charge in [-0.05, 0) is 32.6 Å². The highest BCUT2D eigenvalue weighted by Gasteiger charge is 2.31. The maximum Gasteiger partial charge on any atom is 0.272 e. The Morgan fingerprint density at radius 3 is 2.65 bits per heavy atom. The molecule has 2 aromatic rings. The van der Waals surface area contributed by atoms with Crippen LogP contribution in [0.1, 0.15) is 46.8 Å². The summed E-state index contributed by atoms with van der Waals surface area (Å²) < 4.78 is 10.7. The Morgan fingerprint density at radius 2 is 2.04 bits per heavy atom. The van der Waals surface area contributed by atoms with E-state index in [0.29, 0.717) is 24.9 Å². The lowest BCUT2D eigenvalue weighted by Crippen LogP contribution is -2.36. The van der Waals surface area contributed by atoms with E-state index in [4.69, 9.17) is 9.26 Å². The van der Waals surface area contributed by atoms with E-state index in [0.717, 1.165) is 18.5 Å². The van der Waals surface area contributed by atoms with E-state index >= 15 is 0 Å². The molecular formula is C15H19N5O3. The molecule has 8 heteroatoms. The lowest BCUT2D eigenvalue weighted by molar-refractivity contribution is 0.0467. The molecule has 122 valence electrons. The zero-order valence-corrected chi connectivity index (χ0v) is 13.2. The quantitative estimate of drug-likeness (QED) is 0.908. The van der Waals surface area contributed by atoms with Crippen molar-refractivity contribution in [2.45, 2.75) is 32.7 Å². The summed E-state index contributed by atoms with van der Waals surface area (Å²) in [6, 6.07) is -0.351. The van der Waals surface area contributed by atoms with Crippen LogP contribution in [0.25, 0.3) is 0 Å². The van der Waals surface area contributed by atoms with Crippen LogP contribution >= 0.6 is 0 Å². The Kier molecular flexibility index (Phi) is 4.61. The molecule has 0 unspecified atom stereocenters. The fourth-order valence-electron chi connectivity index (χ4n) is 2.59. The summed E-state index contributed by atoms with van der Waals surface area (Å²) in [5.41, 5.74) is 1.03. The summed E-state index contributed by atoms with van der Waals surface area (Å²) >= 11 is 0. The smallest absolute Gasteiger partial charge is 0.272 e. The molecule has 0 saturated carbocycles. The van der Waals surface area contributed by atoms with Crippen LogP contribution in [-0.4, -0.2) is 39.2 Å². The Bertz CT molecular complexity index is 664. The van der Waals surface area contributed by atoms with Gasteiger partial charge in [-0.15, -0.1) is 0 Å². The van der Waals surface area contributed by atoms with Crippen molar-refractivity contribution in [3.05, 3.63) is 35.5 Å². The Labute approximate surface area is 133 Å². The Morgan fingerprint density at radius 1 is 1.26 bits per heavy atom. The normalized spacial score (nSPS) is 17.0. The highest BCUT2D eigenvalue weighted by Crippen LogP contribution is 2.29. The molecular weight excluding hydrogens is 298 g/mol. The Hall–Kier alpha value is -2.35. The van der Waals surface area contributed by atoms with Gasteiger partial charge in [-0.1, -0.05) is 5.16 Å². The van der Waals surface area contributed by atoms with Gasteiger partial charge < -0.3 is 14.6 Å². The van der Waals surface area contributed by atoms with Gasteiger partial charge in [0.25, 0.3) is 5.91 Å². The molecule has 0 radical (unpaired) electrons. The molecule has 1 fully saturated rings. The first kappa shape index (κ1) is 15.5. The zero-order valence-electron chi connectivity index (χ0n) is 13.2. The summed E-state index contributed by atoms with van der Waals surface area (Å²) in [4.78, 5) is 24.9. The number of ether oxygens (including phenoxy) is 1. The van der Waals surface area contributed by atoms with Gasteiger partial charge in [0.1, 0.15) is 11.7 Å². The highest BCUT2D eigenvalue weighted by atomic mass is 16.5. The van der Waals surface area contributed by atoms with Crippen LogP contribution in [0.4, 0.5) is 0 Å². The van der Waals surface area contributed by atoms with E-state index in [1.807, 2.05) is 6.92 Å². The molecule has 3 rings (SSSR count). The fraction of sp³-hybridized carbons (Fsp3) is 0.533. The van der Waals surface area contributed by atoms with Gasteiger partial charge in [-0.3, -0.25) is 9.78 Å². The van der Waals surface area contributed by atoms with Crippen LogP contribution < -0.4 is 5.32 Å². The van der Waals surface area contributed by atoms with Gasteiger partial charge in [-0.25, -0.2) is 4.98 Å². The number of carbonyl (C=O) groups is 1. The second kappa shape index (κ2) is 6.82. The predicted molar refractivity (Wildman–Crippen MR) is 79.6 cm³/mol. The van der Waals surface area contributed by atoms with E-state index in [2.05, 4.69) is 25.4 Å². The topological polar surface area (TPSA) is 103 Å². The van der Waals surface area contributed by atoms with Crippen LogP contribution in [0.5, 0.6) is 0 Å². The number of nitrogens with zero attached hydrogens (tertiary/aromatic N) is 4. The van der Waals surface area contributed by atoms with Crippen LogP contribution in [0.15, 0.2) is 16.9 Å². The molecule has 0 aliphatic carbocycles. The molecule has 23 heavy (non-hydrogen) atoms. The molecule has 8 nitrogen and oxygen atoms in total. The summed E-state index contributed by atoms with van der Waals surface area (Å²) in [5.74, 6) is 0.847. The largest absolute Gasteiger partial charge is 0.381 e. The molecule has 2 aromatic heterocycles. The maximum absolute atomic E-state index is 12.5. The number of carbonyl (C=O) groups excluding carboxylic acids is 1. The lowest BCUT2D eigenvalue weighted by Gasteiger charge is -2.28. The third-order valence-electron chi connectivity index (χ3n) is 3.85. The first-order valence-corrected chi connectivity index (χ1v) is 7.61. The van der Waals surface area contributed by atoms with E-state index in [9.17, 15) is 4.79 Å². The van der Waals surface area contributed by atoms with Gasteiger partial charge in [0.15, 0.2) is 5.82 Å². The average Bonchev–Trinajstić information content (AvgIpc) is 3.00. The fourth-order valence-corrected chi connectivity index (χ4v) is 2.59. The van der Waals surface area contributed by atoms with Crippen molar-refractivity contribution >= 4 is 5.91 Å². The first-order chi connectivity index (χ1) is 11.1. The second-order valence-electron chi connectivity index (χ2n) is 5.62. The second-order valence-corrected chi connectivity index (χ2v) is 5.62. The minimum atomic E-state index is -0.351. The minimum absolute atomic E-state index is 0.186. The number of hydrogen-bond acceptors (Lipinski definition) is 7. The van der Waals surface area contributed by atoms with E-state index < -0.39 is 0 Å². The van der Waals surface area contributed by atoms with E-state index in [1.54, 1.807) is 13.1 Å². The summed E-state index contributed by atoms with van der Waals surface area (Å²) in [5, 5.41) is 6.79. The van der Waals surface area contributed by atoms with E-state index in [-0.39, 0.29) is 23.6 Å². The van der Waals surface area contributed by atoms with Crippen molar-refractivity contribution in [2.75, 3.05) is 13.2 Å². The van der Waals surface area contributed by atoms with Crippen LogP contribution in [0.2, 0.25) is 0 Å². The van der Waals surface area contributed by atoms with Crippen LogP contribution in [0.3, 0.4) is 0 Å². The summed E-state index contributed by atoms with van der Waals surface area (Å²) in [7, 11) is 0. The number of nitrogens with one attached hydrogen (secondary N) is 1. The third kappa shape index (κ3) is 3.70. The maximum atomic E-state index is 12.5. The van der Waals surface area contributed by atoms with Gasteiger partial charge in [0.2, 0.25) is 5.89 Å². The zero-order chi connectivity index (χ0) is 16.2. The molecule has 1 N–H and O–H groups in total. The summed E-state index contributed by atoms with van der Waals surface area (Å²) in [6.07, 6.45) is 4.68. The number of hydrogen-bond donors (Lipinski definition) is 1. The molecule has 1 aliphatic heterocycles. The van der Waals surface area contributed by atoms with E-state index in [1.165, 1.54) is 6.20 Å². The lowest BCUT2D eigenvalue weighted by atomic mass is 9.91. The monoisotopic (exact) mass is 317 g/mol. The van der Waals surface area contributed by atoms with Crippen LogP contribution in [0, 0.1) is 19.8 Å². The Balaban J connectivity index is 1.80. The molecule has 1 aliphatic rings. The average molecular weight is 317 g/mol. The van der Waals surface area contributed by atoms with Crippen molar-refractivity contribution in [1.82, 2.24) is 25.4 Å². The predicted octanol–water partition coefficient (Wildman–Crippen LogP) is 1.37. The molecule has 0 bridgehead atoms. The molecule has 3 heterocycles. The molecule has 1 saturated heterocycles. The first-order valence-electron chi connectivity index (χ1n) is 7.61. The molecule has 0 aromatic carbocycles.